The second-order valence-corrected chi connectivity index (χ2v) is 5.17. The number of ether oxygens (including phenoxy) is 1. The van der Waals surface area contributed by atoms with E-state index in [1.54, 1.807) is 7.11 Å². The number of methoxy groups -OCH3 is 1. The van der Waals surface area contributed by atoms with Gasteiger partial charge >= 0.3 is 0 Å². The second kappa shape index (κ2) is 4.79. The Kier molecular flexibility index (Phi) is 3.37. The minimum absolute atomic E-state index is 0.242. The Bertz CT molecular complexity index is 456. The van der Waals surface area contributed by atoms with Crippen LogP contribution in [0, 0.1) is 5.41 Å². The van der Waals surface area contributed by atoms with E-state index in [-0.39, 0.29) is 5.41 Å². The lowest BCUT2D eigenvalue weighted by Crippen LogP contribution is -2.17. The van der Waals surface area contributed by atoms with E-state index in [9.17, 15) is 0 Å². The summed E-state index contributed by atoms with van der Waals surface area (Å²) in [5, 5.41) is 0. The van der Waals surface area contributed by atoms with Crippen molar-refractivity contribution in [2.24, 2.45) is 5.41 Å². The third-order valence-corrected chi connectivity index (χ3v) is 3.38. The maximum absolute atomic E-state index is 5.26. The standard InChI is InChI=1S/C16H20O/c1-13-7-9-16(2,10-8-13)12-14-5-4-6-15(11-14)17-3/h4-9,11H,10,12H2,1-3H3/t16-/m1/s1. The quantitative estimate of drug-likeness (QED) is 0.755. The molecule has 90 valence electrons. The molecule has 17 heavy (non-hydrogen) atoms. The average molecular weight is 228 g/mol. The first-order valence-corrected chi connectivity index (χ1v) is 6.10. The summed E-state index contributed by atoms with van der Waals surface area (Å²) in [6, 6.07) is 8.36. The van der Waals surface area contributed by atoms with Gasteiger partial charge in [-0.3, -0.25) is 0 Å². The molecular formula is C16H20O. The average Bonchev–Trinajstić information content (AvgIpc) is 2.33. The Labute approximate surface area is 104 Å². The van der Waals surface area contributed by atoms with Gasteiger partial charge in [-0.2, -0.15) is 0 Å². The van der Waals surface area contributed by atoms with Crippen molar-refractivity contribution in [1.29, 1.82) is 0 Å². The van der Waals surface area contributed by atoms with Crippen molar-refractivity contribution in [3.05, 3.63) is 53.6 Å². The Morgan fingerprint density at radius 2 is 2.18 bits per heavy atom. The summed E-state index contributed by atoms with van der Waals surface area (Å²) in [6.07, 6.45) is 9.06. The molecule has 1 aromatic rings. The third kappa shape index (κ3) is 3.00. The van der Waals surface area contributed by atoms with Gasteiger partial charge in [0.05, 0.1) is 7.11 Å². The van der Waals surface area contributed by atoms with Gasteiger partial charge < -0.3 is 4.74 Å². The largest absolute Gasteiger partial charge is 0.497 e. The highest BCUT2D eigenvalue weighted by molar-refractivity contribution is 5.32. The lowest BCUT2D eigenvalue weighted by molar-refractivity contribution is 0.408. The molecule has 0 aromatic heterocycles. The van der Waals surface area contributed by atoms with Crippen molar-refractivity contribution in [3.8, 4) is 5.75 Å². The first-order chi connectivity index (χ1) is 8.11. The van der Waals surface area contributed by atoms with E-state index in [0.717, 1.165) is 18.6 Å². The number of benzene rings is 1. The van der Waals surface area contributed by atoms with Gasteiger partial charge in [0.1, 0.15) is 5.75 Å². The number of allylic oxidation sites excluding steroid dienone is 4. The molecule has 0 N–H and O–H groups in total. The minimum Gasteiger partial charge on any atom is -0.497 e. The van der Waals surface area contributed by atoms with Crippen molar-refractivity contribution in [3.63, 3.8) is 0 Å². The van der Waals surface area contributed by atoms with Crippen molar-refractivity contribution in [2.45, 2.75) is 26.7 Å². The first-order valence-electron chi connectivity index (χ1n) is 6.10. The maximum atomic E-state index is 5.26. The van der Waals surface area contributed by atoms with E-state index >= 15 is 0 Å². The zero-order valence-electron chi connectivity index (χ0n) is 10.9. The minimum atomic E-state index is 0.242. The Hall–Kier alpha value is -1.50. The van der Waals surface area contributed by atoms with E-state index in [2.05, 4.69) is 50.3 Å². The molecule has 1 aliphatic carbocycles. The molecule has 0 saturated heterocycles. The van der Waals surface area contributed by atoms with Crippen LogP contribution in [0.2, 0.25) is 0 Å². The van der Waals surface area contributed by atoms with Crippen LogP contribution in [0.25, 0.3) is 0 Å². The highest BCUT2D eigenvalue weighted by atomic mass is 16.5. The van der Waals surface area contributed by atoms with Crippen LogP contribution in [-0.2, 0) is 6.42 Å². The van der Waals surface area contributed by atoms with Gasteiger partial charge in [0.25, 0.3) is 0 Å². The van der Waals surface area contributed by atoms with Crippen LogP contribution in [0.4, 0.5) is 0 Å². The van der Waals surface area contributed by atoms with Crippen LogP contribution >= 0.6 is 0 Å². The zero-order valence-corrected chi connectivity index (χ0v) is 10.9. The number of rotatable bonds is 3. The Morgan fingerprint density at radius 1 is 1.35 bits per heavy atom. The van der Waals surface area contributed by atoms with Crippen molar-refractivity contribution >= 4 is 0 Å². The summed E-state index contributed by atoms with van der Waals surface area (Å²) in [5.41, 5.74) is 2.95. The highest BCUT2D eigenvalue weighted by Crippen LogP contribution is 2.33. The summed E-state index contributed by atoms with van der Waals surface area (Å²) >= 11 is 0. The van der Waals surface area contributed by atoms with Crippen LogP contribution in [-0.4, -0.2) is 7.11 Å². The molecule has 0 fully saturated rings. The third-order valence-electron chi connectivity index (χ3n) is 3.38. The predicted octanol–water partition coefficient (Wildman–Crippen LogP) is 4.15. The van der Waals surface area contributed by atoms with E-state index in [1.165, 1.54) is 11.1 Å². The maximum Gasteiger partial charge on any atom is 0.119 e. The van der Waals surface area contributed by atoms with Gasteiger partial charge in [0, 0.05) is 0 Å². The van der Waals surface area contributed by atoms with Gasteiger partial charge in [0.2, 0.25) is 0 Å². The number of hydrogen-bond acceptors (Lipinski definition) is 1. The molecule has 0 heterocycles. The topological polar surface area (TPSA) is 9.23 Å². The van der Waals surface area contributed by atoms with Crippen LogP contribution < -0.4 is 4.74 Å². The van der Waals surface area contributed by atoms with Crippen LogP contribution in [0.15, 0.2) is 48.1 Å². The van der Waals surface area contributed by atoms with Crippen molar-refractivity contribution in [1.82, 2.24) is 0 Å². The zero-order chi connectivity index (χ0) is 12.3. The lowest BCUT2D eigenvalue weighted by atomic mass is 9.77. The summed E-state index contributed by atoms with van der Waals surface area (Å²) in [4.78, 5) is 0. The molecule has 0 spiro atoms. The number of hydrogen-bond donors (Lipinski definition) is 0. The molecular weight excluding hydrogens is 208 g/mol. The van der Waals surface area contributed by atoms with E-state index < -0.39 is 0 Å². The second-order valence-electron chi connectivity index (χ2n) is 5.17. The summed E-state index contributed by atoms with van der Waals surface area (Å²) < 4.78 is 5.26. The molecule has 1 atom stereocenters. The van der Waals surface area contributed by atoms with E-state index in [4.69, 9.17) is 4.74 Å². The molecule has 1 aliphatic rings. The first kappa shape index (κ1) is 12.0. The van der Waals surface area contributed by atoms with E-state index in [0.29, 0.717) is 0 Å². The molecule has 0 radical (unpaired) electrons. The summed E-state index contributed by atoms with van der Waals surface area (Å²) in [5.74, 6) is 0.942. The van der Waals surface area contributed by atoms with E-state index in [1.807, 2.05) is 6.07 Å². The van der Waals surface area contributed by atoms with Gasteiger partial charge in [-0.05, 0) is 42.9 Å². The van der Waals surface area contributed by atoms with Gasteiger partial charge in [0.15, 0.2) is 0 Å². The normalized spacial score (nSPS) is 23.4. The van der Waals surface area contributed by atoms with Crippen LogP contribution in [0.5, 0.6) is 5.75 Å². The molecule has 0 bridgehead atoms. The van der Waals surface area contributed by atoms with Gasteiger partial charge in [-0.1, -0.05) is 42.9 Å². The molecule has 0 unspecified atom stereocenters. The fourth-order valence-corrected chi connectivity index (χ4v) is 2.24. The molecule has 2 rings (SSSR count). The molecule has 0 amide bonds. The molecule has 1 aromatic carbocycles. The monoisotopic (exact) mass is 228 g/mol. The molecule has 0 saturated carbocycles. The van der Waals surface area contributed by atoms with Crippen LogP contribution in [0.1, 0.15) is 25.8 Å². The van der Waals surface area contributed by atoms with Crippen molar-refractivity contribution < 1.29 is 4.74 Å². The highest BCUT2D eigenvalue weighted by Gasteiger charge is 2.22. The van der Waals surface area contributed by atoms with Crippen molar-refractivity contribution in [2.75, 3.05) is 7.11 Å². The fourth-order valence-electron chi connectivity index (χ4n) is 2.24. The Morgan fingerprint density at radius 3 is 2.82 bits per heavy atom. The smallest absolute Gasteiger partial charge is 0.119 e. The summed E-state index contributed by atoms with van der Waals surface area (Å²) in [7, 11) is 1.72. The summed E-state index contributed by atoms with van der Waals surface area (Å²) in [6.45, 7) is 4.47. The van der Waals surface area contributed by atoms with Crippen LogP contribution in [0.3, 0.4) is 0 Å². The molecule has 0 aliphatic heterocycles. The Balaban J connectivity index is 2.13. The van der Waals surface area contributed by atoms with Gasteiger partial charge in [-0.15, -0.1) is 0 Å². The predicted molar refractivity (Wildman–Crippen MR) is 72.3 cm³/mol. The molecule has 1 nitrogen and oxygen atoms in total. The fraction of sp³-hybridized carbons (Fsp3) is 0.375. The SMILES string of the molecule is COc1cccc(C[C@]2(C)C=CC(C)=CC2)c1. The lowest BCUT2D eigenvalue weighted by Gasteiger charge is -2.27. The van der Waals surface area contributed by atoms with Gasteiger partial charge in [-0.25, -0.2) is 0 Å². The molecule has 1 heteroatoms.